The molecule has 0 radical (unpaired) electrons. The van der Waals surface area contributed by atoms with E-state index in [1.807, 2.05) is 6.08 Å². The van der Waals surface area contributed by atoms with E-state index < -0.39 is 8.32 Å². The first-order chi connectivity index (χ1) is 4.68. The van der Waals surface area contributed by atoms with Crippen LogP contribution in [0.1, 0.15) is 20.3 Å². The second-order valence-corrected chi connectivity index (χ2v) is 6.88. The molecule has 0 amide bonds. The Bertz CT molecular complexity index is 103. The molecule has 0 aromatic heterocycles. The van der Waals surface area contributed by atoms with Gasteiger partial charge in [0.2, 0.25) is 0 Å². The molecule has 1 nitrogen and oxygen atoms in total. The van der Waals surface area contributed by atoms with Crippen molar-refractivity contribution in [3.8, 4) is 0 Å². The minimum Gasteiger partial charge on any atom is -0.431 e. The second-order valence-electron chi connectivity index (χ2n) is 2.82. The van der Waals surface area contributed by atoms with Gasteiger partial charge in [-0.15, -0.1) is 6.58 Å². The molecule has 0 saturated carbocycles. The summed E-state index contributed by atoms with van der Waals surface area (Å²) in [6.07, 6.45) is 2.95. The first-order valence-corrected chi connectivity index (χ1v) is 6.58. The summed E-state index contributed by atoms with van der Waals surface area (Å²) in [6, 6.07) is 2.85. The molecule has 2 heteroatoms. The van der Waals surface area contributed by atoms with Gasteiger partial charge in [-0.3, -0.25) is 0 Å². The number of hydrogen-bond donors (Lipinski definition) is 1. The summed E-state index contributed by atoms with van der Waals surface area (Å²) in [5.41, 5.74) is 0. The summed E-state index contributed by atoms with van der Waals surface area (Å²) in [5, 5.41) is 0. The molecule has 0 fully saturated rings. The highest BCUT2D eigenvalue weighted by Gasteiger charge is 2.25. The van der Waals surface area contributed by atoms with Gasteiger partial charge in [-0.25, -0.2) is 0 Å². The Hall–Kier alpha value is -0.0831. The van der Waals surface area contributed by atoms with Crippen LogP contribution in [0.15, 0.2) is 12.7 Å². The Labute approximate surface area is 64.9 Å². The Morgan fingerprint density at radius 3 is 2.40 bits per heavy atom. The van der Waals surface area contributed by atoms with Gasteiger partial charge in [0.15, 0.2) is 8.32 Å². The van der Waals surface area contributed by atoms with Crippen molar-refractivity contribution in [2.75, 3.05) is 0 Å². The molecule has 0 spiro atoms. The molecule has 0 aromatic carbocycles. The monoisotopic (exact) mass is 158 g/mol. The van der Waals surface area contributed by atoms with Crippen LogP contribution in [0.25, 0.3) is 0 Å². The molecule has 0 heterocycles. The van der Waals surface area contributed by atoms with Gasteiger partial charge in [-0.2, -0.15) is 0 Å². The average Bonchev–Trinajstić information content (AvgIpc) is 1.89. The lowest BCUT2D eigenvalue weighted by Gasteiger charge is -2.20. The molecule has 0 aliphatic heterocycles. The van der Waals surface area contributed by atoms with Crippen molar-refractivity contribution >= 4 is 8.32 Å². The van der Waals surface area contributed by atoms with E-state index in [1.54, 1.807) is 0 Å². The van der Waals surface area contributed by atoms with Crippen LogP contribution < -0.4 is 0 Å². The van der Waals surface area contributed by atoms with E-state index in [-0.39, 0.29) is 0 Å². The maximum absolute atomic E-state index is 9.89. The van der Waals surface area contributed by atoms with Crippen LogP contribution in [0.5, 0.6) is 0 Å². The summed E-state index contributed by atoms with van der Waals surface area (Å²) in [7, 11) is -1.84. The van der Waals surface area contributed by atoms with Crippen molar-refractivity contribution in [1.82, 2.24) is 0 Å². The zero-order valence-electron chi connectivity index (χ0n) is 7.06. The van der Waals surface area contributed by atoms with Crippen LogP contribution >= 0.6 is 0 Å². The lowest BCUT2D eigenvalue weighted by Crippen LogP contribution is -2.31. The molecule has 1 atom stereocenters. The third-order valence-corrected chi connectivity index (χ3v) is 5.69. The van der Waals surface area contributed by atoms with E-state index in [0.29, 0.717) is 0 Å². The minimum atomic E-state index is -1.84. The topological polar surface area (TPSA) is 20.2 Å². The Balaban J connectivity index is 3.80. The third kappa shape index (κ3) is 3.18. The molecule has 0 bridgehead atoms. The van der Waals surface area contributed by atoms with E-state index in [9.17, 15) is 4.80 Å². The molecule has 0 saturated heterocycles. The fourth-order valence-electron chi connectivity index (χ4n) is 1.16. The smallest absolute Gasteiger partial charge is 0.192 e. The van der Waals surface area contributed by atoms with Crippen LogP contribution in [0, 0.1) is 0 Å². The first kappa shape index (κ1) is 9.92. The number of rotatable bonds is 5. The molecular formula is C8H18OSi. The first-order valence-electron chi connectivity index (χ1n) is 4.01. The van der Waals surface area contributed by atoms with Crippen LogP contribution in [0.2, 0.25) is 18.1 Å². The number of allylic oxidation sites excluding steroid dienone is 1. The van der Waals surface area contributed by atoms with Crippen LogP contribution in [0.4, 0.5) is 0 Å². The van der Waals surface area contributed by atoms with E-state index in [0.717, 1.165) is 24.6 Å². The molecule has 0 aliphatic carbocycles. The van der Waals surface area contributed by atoms with Gasteiger partial charge in [0, 0.05) is 0 Å². The maximum Gasteiger partial charge on any atom is 0.192 e. The predicted octanol–water partition coefficient (Wildman–Crippen LogP) is 2.54. The van der Waals surface area contributed by atoms with Gasteiger partial charge in [0.05, 0.1) is 0 Å². The highest BCUT2D eigenvalue weighted by Crippen LogP contribution is 2.18. The van der Waals surface area contributed by atoms with Gasteiger partial charge < -0.3 is 4.80 Å². The molecular weight excluding hydrogens is 140 g/mol. The summed E-state index contributed by atoms with van der Waals surface area (Å²) in [6.45, 7) is 7.85. The molecule has 0 aromatic rings. The fraction of sp³-hybridized carbons (Fsp3) is 0.750. The summed E-state index contributed by atoms with van der Waals surface area (Å²) in [5.74, 6) is 0. The third-order valence-electron chi connectivity index (χ3n) is 1.90. The van der Waals surface area contributed by atoms with Crippen LogP contribution in [0.3, 0.4) is 0 Å². The van der Waals surface area contributed by atoms with Crippen molar-refractivity contribution in [2.45, 2.75) is 38.4 Å². The highest BCUT2D eigenvalue weighted by atomic mass is 28.4. The minimum absolute atomic E-state index is 0.858. The Kier molecular flexibility index (Phi) is 4.65. The van der Waals surface area contributed by atoms with Crippen molar-refractivity contribution in [3.05, 3.63) is 12.7 Å². The molecule has 1 unspecified atom stereocenters. The zero-order chi connectivity index (χ0) is 8.04. The van der Waals surface area contributed by atoms with E-state index in [1.165, 1.54) is 0 Å². The predicted molar refractivity (Wildman–Crippen MR) is 48.6 cm³/mol. The summed E-state index contributed by atoms with van der Waals surface area (Å²) >= 11 is 0. The standard InChI is InChI=1S/C8H18OSi/c1-4-7-10(9,6-3)8-5-2/h4,9H,1,5-8H2,2-3H3. The summed E-state index contributed by atoms with van der Waals surface area (Å²) < 4.78 is 0. The quantitative estimate of drug-likeness (QED) is 0.481. The van der Waals surface area contributed by atoms with Crippen molar-refractivity contribution in [3.63, 3.8) is 0 Å². The van der Waals surface area contributed by atoms with Crippen LogP contribution in [-0.4, -0.2) is 13.1 Å². The van der Waals surface area contributed by atoms with Gasteiger partial charge >= 0.3 is 0 Å². The fourth-order valence-corrected chi connectivity index (χ4v) is 3.47. The van der Waals surface area contributed by atoms with Gasteiger partial charge in [-0.1, -0.05) is 26.3 Å². The Morgan fingerprint density at radius 1 is 1.50 bits per heavy atom. The lowest BCUT2D eigenvalue weighted by atomic mass is 10.6. The van der Waals surface area contributed by atoms with Crippen molar-refractivity contribution < 1.29 is 4.80 Å². The largest absolute Gasteiger partial charge is 0.431 e. The SMILES string of the molecule is C=CC[Si](O)(CC)CCC. The normalized spacial score (nSPS) is 16.3. The number of hydrogen-bond acceptors (Lipinski definition) is 1. The molecule has 1 N–H and O–H groups in total. The van der Waals surface area contributed by atoms with E-state index in [4.69, 9.17) is 0 Å². The van der Waals surface area contributed by atoms with Crippen molar-refractivity contribution in [2.24, 2.45) is 0 Å². The maximum atomic E-state index is 9.89. The van der Waals surface area contributed by atoms with Crippen molar-refractivity contribution in [1.29, 1.82) is 0 Å². The second kappa shape index (κ2) is 4.69. The van der Waals surface area contributed by atoms with Crippen LogP contribution in [-0.2, 0) is 0 Å². The lowest BCUT2D eigenvalue weighted by molar-refractivity contribution is 0.530. The molecule has 0 rings (SSSR count). The zero-order valence-corrected chi connectivity index (χ0v) is 8.06. The molecule has 60 valence electrons. The summed E-state index contributed by atoms with van der Waals surface area (Å²) in [4.78, 5) is 9.89. The Morgan fingerprint density at radius 2 is 2.10 bits per heavy atom. The van der Waals surface area contributed by atoms with Gasteiger partial charge in [-0.05, 0) is 18.1 Å². The molecule has 10 heavy (non-hydrogen) atoms. The molecule has 0 aliphatic rings. The van der Waals surface area contributed by atoms with E-state index >= 15 is 0 Å². The van der Waals surface area contributed by atoms with Gasteiger partial charge in [0.1, 0.15) is 0 Å². The average molecular weight is 158 g/mol. The van der Waals surface area contributed by atoms with Gasteiger partial charge in [0.25, 0.3) is 0 Å². The highest BCUT2D eigenvalue weighted by molar-refractivity contribution is 6.72. The van der Waals surface area contributed by atoms with E-state index in [2.05, 4.69) is 20.4 Å².